The van der Waals surface area contributed by atoms with E-state index in [1.807, 2.05) is 24.4 Å². The standard InChI is InChI=1S/C13H14O3S/c1-3-8-7-10-9(5-6-17-10)12(14)11(8)13(15)16-4-2/h5-7,14H,3-4H2,1-2H3. The molecular weight excluding hydrogens is 236 g/mol. The molecule has 0 aliphatic heterocycles. The normalized spacial score (nSPS) is 10.7. The molecule has 17 heavy (non-hydrogen) atoms. The first-order chi connectivity index (χ1) is 8.19. The van der Waals surface area contributed by atoms with Crippen molar-refractivity contribution in [2.45, 2.75) is 20.3 Å². The van der Waals surface area contributed by atoms with Gasteiger partial charge in [0.05, 0.1) is 6.61 Å². The van der Waals surface area contributed by atoms with E-state index >= 15 is 0 Å². The third-order valence-corrected chi connectivity index (χ3v) is 3.54. The second-order valence-electron chi connectivity index (χ2n) is 3.67. The summed E-state index contributed by atoms with van der Waals surface area (Å²) in [4.78, 5) is 11.8. The molecule has 1 heterocycles. The quantitative estimate of drug-likeness (QED) is 0.850. The number of carbonyl (C=O) groups excluding carboxylic acids is 1. The lowest BCUT2D eigenvalue weighted by Crippen LogP contribution is -2.08. The maximum absolute atomic E-state index is 11.8. The zero-order chi connectivity index (χ0) is 12.4. The minimum Gasteiger partial charge on any atom is -0.506 e. The SMILES string of the molecule is CCOC(=O)c1c(CC)cc2sccc2c1O. The van der Waals surface area contributed by atoms with Crippen molar-refractivity contribution in [2.24, 2.45) is 0 Å². The average molecular weight is 250 g/mol. The average Bonchev–Trinajstić information content (AvgIpc) is 2.77. The number of benzene rings is 1. The lowest BCUT2D eigenvalue weighted by atomic mass is 10.0. The summed E-state index contributed by atoms with van der Waals surface area (Å²) in [6.45, 7) is 4.02. The predicted octanol–water partition coefficient (Wildman–Crippen LogP) is 3.35. The van der Waals surface area contributed by atoms with Crippen LogP contribution in [0.25, 0.3) is 10.1 Å². The molecule has 0 atom stereocenters. The van der Waals surface area contributed by atoms with Gasteiger partial charge < -0.3 is 9.84 Å². The molecule has 0 fully saturated rings. The van der Waals surface area contributed by atoms with E-state index in [1.165, 1.54) is 0 Å². The van der Waals surface area contributed by atoms with Crippen LogP contribution in [0.3, 0.4) is 0 Å². The van der Waals surface area contributed by atoms with E-state index in [9.17, 15) is 9.90 Å². The number of ether oxygens (including phenoxy) is 1. The van der Waals surface area contributed by atoms with Crippen molar-refractivity contribution in [1.82, 2.24) is 0 Å². The third kappa shape index (κ3) is 2.00. The first-order valence-electron chi connectivity index (χ1n) is 5.58. The van der Waals surface area contributed by atoms with Crippen molar-refractivity contribution in [1.29, 1.82) is 0 Å². The molecule has 0 amide bonds. The van der Waals surface area contributed by atoms with Crippen LogP contribution in [0, 0.1) is 0 Å². The Morgan fingerprint density at radius 1 is 1.47 bits per heavy atom. The molecule has 3 nitrogen and oxygen atoms in total. The summed E-state index contributed by atoms with van der Waals surface area (Å²) in [5.74, 6) is -0.408. The Morgan fingerprint density at radius 3 is 2.88 bits per heavy atom. The highest BCUT2D eigenvalue weighted by molar-refractivity contribution is 7.17. The van der Waals surface area contributed by atoms with Crippen LogP contribution in [0.1, 0.15) is 29.8 Å². The summed E-state index contributed by atoms with van der Waals surface area (Å²) >= 11 is 1.55. The van der Waals surface area contributed by atoms with E-state index in [0.717, 1.165) is 15.6 Å². The Hall–Kier alpha value is -1.55. The third-order valence-electron chi connectivity index (χ3n) is 2.67. The molecule has 2 aromatic rings. The number of hydrogen-bond donors (Lipinski definition) is 1. The molecule has 1 N–H and O–H groups in total. The van der Waals surface area contributed by atoms with Gasteiger partial charge in [-0.05, 0) is 36.4 Å². The van der Waals surface area contributed by atoms with Crippen LogP contribution in [0.5, 0.6) is 5.75 Å². The van der Waals surface area contributed by atoms with E-state index < -0.39 is 5.97 Å². The largest absolute Gasteiger partial charge is 0.506 e. The number of phenols is 1. The maximum Gasteiger partial charge on any atom is 0.342 e. The first kappa shape index (κ1) is 11.9. The number of hydrogen-bond acceptors (Lipinski definition) is 4. The van der Waals surface area contributed by atoms with Gasteiger partial charge in [0.1, 0.15) is 11.3 Å². The fourth-order valence-electron chi connectivity index (χ4n) is 1.86. The molecule has 0 aliphatic carbocycles. The van der Waals surface area contributed by atoms with Crippen molar-refractivity contribution < 1.29 is 14.6 Å². The highest BCUT2D eigenvalue weighted by Gasteiger charge is 2.19. The van der Waals surface area contributed by atoms with Crippen LogP contribution in [0.15, 0.2) is 17.5 Å². The molecule has 0 aliphatic rings. The van der Waals surface area contributed by atoms with E-state index in [4.69, 9.17) is 4.74 Å². The first-order valence-corrected chi connectivity index (χ1v) is 6.46. The minimum absolute atomic E-state index is 0.0408. The van der Waals surface area contributed by atoms with Crippen molar-refractivity contribution in [3.05, 3.63) is 28.6 Å². The Morgan fingerprint density at radius 2 is 2.24 bits per heavy atom. The van der Waals surface area contributed by atoms with Crippen molar-refractivity contribution in [2.75, 3.05) is 6.61 Å². The van der Waals surface area contributed by atoms with Crippen LogP contribution in [0.2, 0.25) is 0 Å². The number of aryl methyl sites for hydroxylation is 1. The van der Waals surface area contributed by atoms with Crippen molar-refractivity contribution in [3.8, 4) is 5.75 Å². The molecular formula is C13H14O3S. The molecule has 0 saturated carbocycles. The highest BCUT2D eigenvalue weighted by Crippen LogP contribution is 2.35. The zero-order valence-electron chi connectivity index (χ0n) is 9.82. The zero-order valence-corrected chi connectivity index (χ0v) is 10.6. The van der Waals surface area contributed by atoms with Crippen LogP contribution in [0.4, 0.5) is 0 Å². The molecule has 1 aromatic carbocycles. The Kier molecular flexibility index (Phi) is 3.33. The molecule has 0 bridgehead atoms. The van der Waals surface area contributed by atoms with Gasteiger partial charge in [0.15, 0.2) is 0 Å². The maximum atomic E-state index is 11.8. The Labute approximate surface area is 104 Å². The summed E-state index contributed by atoms with van der Waals surface area (Å²) in [6.07, 6.45) is 0.690. The van der Waals surface area contributed by atoms with Crippen molar-refractivity contribution >= 4 is 27.4 Å². The molecule has 0 spiro atoms. The number of aromatic hydroxyl groups is 1. The van der Waals surface area contributed by atoms with Gasteiger partial charge >= 0.3 is 5.97 Å². The van der Waals surface area contributed by atoms with Crippen LogP contribution < -0.4 is 0 Å². The number of fused-ring (bicyclic) bond motifs is 1. The highest BCUT2D eigenvalue weighted by atomic mass is 32.1. The summed E-state index contributed by atoms with van der Waals surface area (Å²) in [5, 5.41) is 12.8. The van der Waals surface area contributed by atoms with Crippen LogP contribution in [-0.4, -0.2) is 17.7 Å². The molecule has 2 rings (SSSR count). The Bertz CT molecular complexity index is 557. The summed E-state index contributed by atoms with van der Waals surface area (Å²) in [5.41, 5.74) is 1.14. The number of carbonyl (C=O) groups is 1. The number of phenolic OH excluding ortho intramolecular Hbond substituents is 1. The number of rotatable bonds is 3. The lowest BCUT2D eigenvalue weighted by Gasteiger charge is -2.10. The second-order valence-corrected chi connectivity index (χ2v) is 4.61. The lowest BCUT2D eigenvalue weighted by molar-refractivity contribution is 0.0522. The van der Waals surface area contributed by atoms with E-state index in [2.05, 4.69) is 0 Å². The molecule has 0 radical (unpaired) electrons. The second kappa shape index (κ2) is 4.75. The summed E-state index contributed by atoms with van der Waals surface area (Å²) < 4.78 is 5.97. The molecule has 4 heteroatoms. The van der Waals surface area contributed by atoms with Gasteiger partial charge in [-0.1, -0.05) is 6.92 Å². The summed E-state index contributed by atoms with van der Waals surface area (Å²) in [6, 6.07) is 3.77. The van der Waals surface area contributed by atoms with E-state index in [-0.39, 0.29) is 5.75 Å². The van der Waals surface area contributed by atoms with Gasteiger partial charge in [-0.3, -0.25) is 0 Å². The van der Waals surface area contributed by atoms with E-state index in [0.29, 0.717) is 18.6 Å². The van der Waals surface area contributed by atoms with Gasteiger partial charge in [-0.25, -0.2) is 4.79 Å². The van der Waals surface area contributed by atoms with Crippen LogP contribution in [-0.2, 0) is 11.2 Å². The van der Waals surface area contributed by atoms with Gasteiger partial charge in [0, 0.05) is 10.1 Å². The fraction of sp³-hybridized carbons (Fsp3) is 0.308. The van der Waals surface area contributed by atoms with Gasteiger partial charge in [-0.2, -0.15) is 0 Å². The Balaban J connectivity index is 2.65. The molecule has 0 saturated heterocycles. The van der Waals surface area contributed by atoms with Gasteiger partial charge in [-0.15, -0.1) is 11.3 Å². The smallest absolute Gasteiger partial charge is 0.342 e. The monoisotopic (exact) mass is 250 g/mol. The molecule has 90 valence electrons. The van der Waals surface area contributed by atoms with Crippen LogP contribution >= 0.6 is 11.3 Å². The minimum atomic E-state index is -0.449. The van der Waals surface area contributed by atoms with Gasteiger partial charge in [0.25, 0.3) is 0 Å². The topological polar surface area (TPSA) is 46.5 Å². The molecule has 1 aromatic heterocycles. The van der Waals surface area contributed by atoms with Crippen molar-refractivity contribution in [3.63, 3.8) is 0 Å². The number of esters is 1. The molecule has 0 unspecified atom stereocenters. The predicted molar refractivity (Wildman–Crippen MR) is 68.8 cm³/mol. The number of thiophene rings is 1. The van der Waals surface area contributed by atoms with E-state index in [1.54, 1.807) is 18.3 Å². The fourth-order valence-corrected chi connectivity index (χ4v) is 2.71. The summed E-state index contributed by atoms with van der Waals surface area (Å²) in [7, 11) is 0. The van der Waals surface area contributed by atoms with Gasteiger partial charge in [0.2, 0.25) is 0 Å².